The molecule has 16 heavy (non-hydrogen) atoms. The van der Waals surface area contributed by atoms with Crippen molar-refractivity contribution < 1.29 is 4.39 Å². The highest BCUT2D eigenvalue weighted by Crippen LogP contribution is 2.19. The second-order valence-corrected chi connectivity index (χ2v) is 4.06. The quantitative estimate of drug-likeness (QED) is 0.612. The smallest absolute Gasteiger partial charge is 0.142 e. The fourth-order valence-corrected chi connectivity index (χ4v) is 1.53. The lowest BCUT2D eigenvalue weighted by molar-refractivity contribution is 0.555. The van der Waals surface area contributed by atoms with Crippen LogP contribution in [-0.4, -0.2) is 6.54 Å². The Morgan fingerprint density at radius 2 is 2.31 bits per heavy atom. The summed E-state index contributed by atoms with van der Waals surface area (Å²) in [6.07, 6.45) is 6.84. The first-order chi connectivity index (χ1) is 7.65. The number of unbranched alkanes of at least 4 members (excludes halogenated alkanes) is 1. The number of hydrogen-bond acceptors (Lipinski definition) is 1. The predicted molar refractivity (Wildman–Crippen MR) is 65.9 cm³/mol. The van der Waals surface area contributed by atoms with E-state index in [0.29, 0.717) is 0 Å². The normalized spacial score (nSPS) is 12.1. The van der Waals surface area contributed by atoms with Gasteiger partial charge in [-0.15, -0.1) is 12.3 Å². The van der Waals surface area contributed by atoms with Crippen LogP contribution in [-0.2, 0) is 0 Å². The molecule has 1 aromatic carbocycles. The minimum Gasteiger partial charge on any atom is -0.310 e. The van der Waals surface area contributed by atoms with Gasteiger partial charge in [0.25, 0.3) is 0 Å². The first-order valence-electron chi connectivity index (χ1n) is 5.27. The van der Waals surface area contributed by atoms with E-state index < -0.39 is 0 Å². The minimum absolute atomic E-state index is 0.101. The summed E-state index contributed by atoms with van der Waals surface area (Å²) in [6, 6.07) is 4.96. The summed E-state index contributed by atoms with van der Waals surface area (Å²) in [5.74, 6) is 2.20. The Morgan fingerprint density at radius 3 is 2.94 bits per heavy atom. The van der Waals surface area contributed by atoms with Gasteiger partial charge in [-0.05, 0) is 37.6 Å². The van der Waals surface area contributed by atoms with Crippen LogP contribution in [0.25, 0.3) is 0 Å². The molecule has 0 aliphatic carbocycles. The molecule has 0 aliphatic rings. The Hall–Kier alpha value is -1.04. The average molecular weight is 240 g/mol. The Morgan fingerprint density at radius 1 is 1.56 bits per heavy atom. The van der Waals surface area contributed by atoms with E-state index in [0.717, 1.165) is 24.9 Å². The Kier molecular flexibility index (Phi) is 5.31. The summed E-state index contributed by atoms with van der Waals surface area (Å²) in [5.41, 5.74) is 0.891. The molecule has 0 saturated heterocycles. The molecule has 0 spiro atoms. The zero-order chi connectivity index (χ0) is 12.0. The number of rotatable bonds is 5. The Labute approximate surface area is 101 Å². The molecular weight excluding hydrogens is 225 g/mol. The molecule has 1 rings (SSSR count). The van der Waals surface area contributed by atoms with E-state index in [1.54, 1.807) is 6.07 Å². The number of nitrogens with one attached hydrogen (secondary N) is 1. The Balaban J connectivity index is 2.50. The van der Waals surface area contributed by atoms with E-state index >= 15 is 0 Å². The van der Waals surface area contributed by atoms with Gasteiger partial charge in [0.05, 0.1) is 5.02 Å². The molecule has 1 atom stereocenters. The molecule has 1 N–H and O–H groups in total. The molecule has 1 nitrogen and oxygen atoms in total. The third kappa shape index (κ3) is 3.84. The van der Waals surface area contributed by atoms with Gasteiger partial charge in [0.15, 0.2) is 0 Å². The highest BCUT2D eigenvalue weighted by molar-refractivity contribution is 6.30. The van der Waals surface area contributed by atoms with Gasteiger partial charge in [-0.3, -0.25) is 0 Å². The molecule has 0 bridgehead atoms. The van der Waals surface area contributed by atoms with Crippen LogP contribution in [0, 0.1) is 18.2 Å². The SMILES string of the molecule is C#CCCCNC(C)c1ccc(Cl)c(F)c1. The van der Waals surface area contributed by atoms with Crippen molar-refractivity contribution in [1.82, 2.24) is 5.32 Å². The van der Waals surface area contributed by atoms with Crippen molar-refractivity contribution in [2.45, 2.75) is 25.8 Å². The molecule has 1 unspecified atom stereocenters. The highest BCUT2D eigenvalue weighted by Gasteiger charge is 2.07. The number of hydrogen-bond donors (Lipinski definition) is 1. The third-order valence-electron chi connectivity index (χ3n) is 2.39. The van der Waals surface area contributed by atoms with Gasteiger partial charge >= 0.3 is 0 Å². The van der Waals surface area contributed by atoms with E-state index in [4.69, 9.17) is 18.0 Å². The molecule has 0 radical (unpaired) electrons. The largest absolute Gasteiger partial charge is 0.310 e. The zero-order valence-corrected chi connectivity index (χ0v) is 10.0. The van der Waals surface area contributed by atoms with Gasteiger partial charge in [0, 0.05) is 12.5 Å². The third-order valence-corrected chi connectivity index (χ3v) is 2.70. The van der Waals surface area contributed by atoms with Crippen LogP contribution in [0.3, 0.4) is 0 Å². The van der Waals surface area contributed by atoms with E-state index in [2.05, 4.69) is 11.2 Å². The summed E-state index contributed by atoms with van der Waals surface area (Å²) in [5, 5.41) is 3.43. The molecule has 0 fully saturated rings. The fourth-order valence-electron chi connectivity index (χ4n) is 1.41. The topological polar surface area (TPSA) is 12.0 Å². The van der Waals surface area contributed by atoms with Crippen LogP contribution >= 0.6 is 11.6 Å². The van der Waals surface area contributed by atoms with Crippen LogP contribution < -0.4 is 5.32 Å². The van der Waals surface area contributed by atoms with Crippen molar-refractivity contribution in [2.24, 2.45) is 0 Å². The van der Waals surface area contributed by atoms with E-state index in [1.165, 1.54) is 6.07 Å². The van der Waals surface area contributed by atoms with Crippen molar-refractivity contribution in [3.05, 3.63) is 34.6 Å². The molecular formula is C13H15ClFN. The van der Waals surface area contributed by atoms with Gasteiger partial charge in [0.1, 0.15) is 5.82 Å². The van der Waals surface area contributed by atoms with Gasteiger partial charge in [-0.2, -0.15) is 0 Å². The van der Waals surface area contributed by atoms with Crippen LogP contribution in [0.2, 0.25) is 5.02 Å². The first-order valence-corrected chi connectivity index (χ1v) is 5.64. The number of halogens is 2. The van der Waals surface area contributed by atoms with Crippen molar-refractivity contribution in [3.63, 3.8) is 0 Å². The van der Waals surface area contributed by atoms with Gasteiger partial charge in [0.2, 0.25) is 0 Å². The van der Waals surface area contributed by atoms with Crippen LogP contribution in [0.5, 0.6) is 0 Å². The molecule has 0 saturated carbocycles. The minimum atomic E-state index is -0.378. The Bertz CT molecular complexity index is 384. The number of terminal acetylenes is 1. The van der Waals surface area contributed by atoms with Gasteiger partial charge in [-0.25, -0.2) is 4.39 Å². The first kappa shape index (κ1) is 13.0. The van der Waals surface area contributed by atoms with Crippen LogP contribution in [0.15, 0.2) is 18.2 Å². The summed E-state index contributed by atoms with van der Waals surface area (Å²) < 4.78 is 13.2. The van der Waals surface area contributed by atoms with E-state index in [-0.39, 0.29) is 16.9 Å². The van der Waals surface area contributed by atoms with Crippen LogP contribution in [0.1, 0.15) is 31.4 Å². The van der Waals surface area contributed by atoms with Crippen molar-refractivity contribution in [3.8, 4) is 12.3 Å². The summed E-state index contributed by atoms with van der Waals surface area (Å²) in [7, 11) is 0. The second kappa shape index (κ2) is 6.52. The van der Waals surface area contributed by atoms with E-state index in [1.807, 2.05) is 13.0 Å². The van der Waals surface area contributed by atoms with Gasteiger partial charge in [-0.1, -0.05) is 17.7 Å². The van der Waals surface area contributed by atoms with Crippen molar-refractivity contribution >= 4 is 11.6 Å². The molecule has 0 amide bonds. The maximum absolute atomic E-state index is 13.2. The molecule has 1 aromatic rings. The van der Waals surface area contributed by atoms with Crippen molar-refractivity contribution in [1.29, 1.82) is 0 Å². The predicted octanol–water partition coefficient (Wildman–Crippen LogP) is 3.54. The van der Waals surface area contributed by atoms with Crippen molar-refractivity contribution in [2.75, 3.05) is 6.54 Å². The lowest BCUT2D eigenvalue weighted by Gasteiger charge is -2.14. The summed E-state index contributed by atoms with van der Waals surface area (Å²) >= 11 is 5.61. The highest BCUT2D eigenvalue weighted by atomic mass is 35.5. The lowest BCUT2D eigenvalue weighted by Crippen LogP contribution is -2.19. The standard InChI is InChI=1S/C13H15ClFN/c1-3-4-5-8-16-10(2)11-6-7-12(14)13(15)9-11/h1,6-7,9-10,16H,4-5,8H2,2H3. The number of benzene rings is 1. The monoisotopic (exact) mass is 239 g/mol. The maximum Gasteiger partial charge on any atom is 0.142 e. The summed E-state index contributed by atoms with van der Waals surface area (Å²) in [4.78, 5) is 0. The maximum atomic E-state index is 13.2. The summed E-state index contributed by atoms with van der Waals surface area (Å²) in [6.45, 7) is 2.81. The van der Waals surface area contributed by atoms with E-state index in [9.17, 15) is 4.39 Å². The molecule has 86 valence electrons. The lowest BCUT2D eigenvalue weighted by atomic mass is 10.1. The molecule has 0 heterocycles. The average Bonchev–Trinajstić information content (AvgIpc) is 2.28. The fraction of sp³-hybridized carbons (Fsp3) is 0.385. The molecule has 0 aliphatic heterocycles. The van der Waals surface area contributed by atoms with Crippen LogP contribution in [0.4, 0.5) is 4.39 Å². The molecule has 0 aromatic heterocycles. The molecule has 3 heteroatoms. The zero-order valence-electron chi connectivity index (χ0n) is 9.26. The van der Waals surface area contributed by atoms with Gasteiger partial charge < -0.3 is 5.32 Å². The second-order valence-electron chi connectivity index (χ2n) is 3.66.